The highest BCUT2D eigenvalue weighted by Crippen LogP contribution is 2.07. The highest BCUT2D eigenvalue weighted by atomic mass is 35.5. The average molecular weight is 274 g/mol. The molecule has 18 heavy (non-hydrogen) atoms. The van der Waals surface area contributed by atoms with Crippen molar-refractivity contribution in [3.05, 3.63) is 11.8 Å². The van der Waals surface area contributed by atoms with E-state index < -0.39 is 5.38 Å². The normalized spacial score (nSPS) is 12.0. The zero-order valence-electron chi connectivity index (χ0n) is 10.6. The van der Waals surface area contributed by atoms with Gasteiger partial charge in [-0.2, -0.15) is 0 Å². The Morgan fingerprint density at radius 1 is 1.61 bits per heavy atom. The van der Waals surface area contributed by atoms with E-state index in [2.05, 4.69) is 10.5 Å². The number of hydrogen-bond acceptors (Lipinski definition) is 4. The highest BCUT2D eigenvalue weighted by molar-refractivity contribution is 6.30. The van der Waals surface area contributed by atoms with E-state index >= 15 is 0 Å². The molecule has 1 rings (SSSR count). The average Bonchev–Trinajstić information content (AvgIpc) is 2.70. The molecule has 100 valence electrons. The summed E-state index contributed by atoms with van der Waals surface area (Å²) in [5.74, 6) is 0.324. The lowest BCUT2D eigenvalue weighted by atomic mass is 10.3. The lowest BCUT2D eigenvalue weighted by Crippen LogP contribution is -2.41. The number of amides is 2. The van der Waals surface area contributed by atoms with E-state index in [0.29, 0.717) is 18.1 Å². The fraction of sp³-hybridized carbons (Fsp3) is 0.545. The van der Waals surface area contributed by atoms with Gasteiger partial charge in [-0.15, -0.1) is 11.6 Å². The quantitative estimate of drug-likeness (QED) is 0.823. The summed E-state index contributed by atoms with van der Waals surface area (Å²) in [6.07, 6.45) is 0. The Morgan fingerprint density at radius 3 is 2.72 bits per heavy atom. The maximum Gasteiger partial charge on any atom is 0.245 e. The predicted octanol–water partition coefficient (Wildman–Crippen LogP) is 1.40. The summed E-state index contributed by atoms with van der Waals surface area (Å²) in [7, 11) is 0. The summed E-state index contributed by atoms with van der Waals surface area (Å²) >= 11 is 5.70. The fourth-order valence-electron chi connectivity index (χ4n) is 1.38. The van der Waals surface area contributed by atoms with Crippen LogP contribution < -0.4 is 5.32 Å². The second-order valence-corrected chi connectivity index (χ2v) is 4.49. The fourth-order valence-corrected chi connectivity index (χ4v) is 1.52. The standard InChI is InChI=1S/C11H16ClN3O3/c1-4-15(11(17)8(3)12)6-10(16)13-9-5-7(2)18-14-9/h5,8H,4,6H2,1-3H3,(H,13,14,16). The first-order valence-electron chi connectivity index (χ1n) is 5.60. The minimum atomic E-state index is -0.646. The van der Waals surface area contributed by atoms with Crippen LogP contribution in [0.2, 0.25) is 0 Å². The number of aromatic nitrogens is 1. The molecule has 1 aromatic rings. The molecule has 2 amide bonds. The lowest BCUT2D eigenvalue weighted by Gasteiger charge is -2.21. The molecule has 0 aliphatic carbocycles. The Balaban J connectivity index is 2.55. The van der Waals surface area contributed by atoms with E-state index in [-0.39, 0.29) is 18.4 Å². The van der Waals surface area contributed by atoms with Gasteiger partial charge >= 0.3 is 0 Å². The van der Waals surface area contributed by atoms with E-state index in [4.69, 9.17) is 16.1 Å². The molecule has 0 radical (unpaired) electrons. The van der Waals surface area contributed by atoms with Crippen LogP contribution in [-0.4, -0.2) is 40.3 Å². The number of rotatable bonds is 5. The topological polar surface area (TPSA) is 75.4 Å². The Hall–Kier alpha value is -1.56. The molecule has 1 aromatic heterocycles. The number of carbonyl (C=O) groups excluding carboxylic acids is 2. The first-order chi connectivity index (χ1) is 8.43. The van der Waals surface area contributed by atoms with Gasteiger partial charge in [0.15, 0.2) is 5.82 Å². The molecule has 6 nitrogen and oxygen atoms in total. The Bertz CT molecular complexity index is 431. The van der Waals surface area contributed by atoms with Crippen molar-refractivity contribution >= 4 is 29.2 Å². The van der Waals surface area contributed by atoms with Crippen LogP contribution in [0, 0.1) is 6.92 Å². The van der Waals surface area contributed by atoms with Gasteiger partial charge in [-0.1, -0.05) is 5.16 Å². The maximum atomic E-state index is 11.7. The molecule has 0 saturated heterocycles. The van der Waals surface area contributed by atoms with Crippen molar-refractivity contribution in [3.8, 4) is 0 Å². The number of anilines is 1. The third-order valence-electron chi connectivity index (χ3n) is 2.26. The Kier molecular flexibility index (Phi) is 5.15. The highest BCUT2D eigenvalue weighted by Gasteiger charge is 2.20. The summed E-state index contributed by atoms with van der Waals surface area (Å²) in [6.45, 7) is 5.44. The molecule has 1 heterocycles. The summed E-state index contributed by atoms with van der Waals surface area (Å²) in [5, 5.41) is 5.53. The number of nitrogens with zero attached hydrogens (tertiary/aromatic N) is 2. The first-order valence-corrected chi connectivity index (χ1v) is 6.03. The minimum absolute atomic E-state index is 0.0572. The van der Waals surface area contributed by atoms with Crippen LogP contribution in [0.5, 0.6) is 0 Å². The molecule has 0 aliphatic rings. The van der Waals surface area contributed by atoms with Gasteiger partial charge < -0.3 is 14.7 Å². The van der Waals surface area contributed by atoms with Crippen molar-refractivity contribution in [3.63, 3.8) is 0 Å². The van der Waals surface area contributed by atoms with Crippen molar-refractivity contribution in [2.24, 2.45) is 0 Å². The summed E-state index contributed by atoms with van der Waals surface area (Å²) in [5.41, 5.74) is 0. The van der Waals surface area contributed by atoms with Gasteiger partial charge in [-0.25, -0.2) is 0 Å². The molecule has 0 fully saturated rings. The molecule has 1 unspecified atom stereocenters. The largest absolute Gasteiger partial charge is 0.360 e. The van der Waals surface area contributed by atoms with E-state index in [0.717, 1.165) is 0 Å². The van der Waals surface area contributed by atoms with Gasteiger partial charge in [0.2, 0.25) is 11.8 Å². The molecule has 1 N–H and O–H groups in total. The number of alkyl halides is 1. The van der Waals surface area contributed by atoms with Crippen molar-refractivity contribution in [1.29, 1.82) is 0 Å². The minimum Gasteiger partial charge on any atom is -0.360 e. The van der Waals surface area contributed by atoms with Crippen molar-refractivity contribution in [2.75, 3.05) is 18.4 Å². The number of likely N-dealkylation sites (N-methyl/N-ethyl adjacent to an activating group) is 1. The second-order valence-electron chi connectivity index (χ2n) is 3.84. The number of aryl methyl sites for hydroxylation is 1. The molecule has 0 spiro atoms. The Morgan fingerprint density at radius 2 is 2.28 bits per heavy atom. The van der Waals surface area contributed by atoms with E-state index in [1.807, 2.05) is 0 Å². The van der Waals surface area contributed by atoms with Crippen LogP contribution >= 0.6 is 11.6 Å². The van der Waals surface area contributed by atoms with Gasteiger partial charge in [-0.3, -0.25) is 9.59 Å². The van der Waals surface area contributed by atoms with Crippen LogP contribution in [0.1, 0.15) is 19.6 Å². The molecule has 7 heteroatoms. The van der Waals surface area contributed by atoms with Crippen LogP contribution in [0.4, 0.5) is 5.82 Å². The van der Waals surface area contributed by atoms with Crippen molar-refractivity contribution in [2.45, 2.75) is 26.1 Å². The molecular weight excluding hydrogens is 258 g/mol. The van der Waals surface area contributed by atoms with Gasteiger partial charge in [0.1, 0.15) is 11.1 Å². The summed E-state index contributed by atoms with van der Waals surface area (Å²) < 4.78 is 4.82. The summed E-state index contributed by atoms with van der Waals surface area (Å²) in [4.78, 5) is 24.7. The number of hydrogen-bond donors (Lipinski definition) is 1. The van der Waals surface area contributed by atoms with Gasteiger partial charge in [0.25, 0.3) is 0 Å². The third kappa shape index (κ3) is 4.03. The van der Waals surface area contributed by atoms with Gasteiger partial charge in [-0.05, 0) is 20.8 Å². The van der Waals surface area contributed by atoms with Crippen LogP contribution in [-0.2, 0) is 9.59 Å². The molecule has 0 saturated carbocycles. The van der Waals surface area contributed by atoms with Crippen LogP contribution in [0.15, 0.2) is 10.6 Å². The molecular formula is C11H16ClN3O3. The number of nitrogens with one attached hydrogen (secondary N) is 1. The zero-order chi connectivity index (χ0) is 13.7. The zero-order valence-corrected chi connectivity index (χ0v) is 11.3. The van der Waals surface area contributed by atoms with E-state index in [1.165, 1.54) is 4.90 Å². The maximum absolute atomic E-state index is 11.7. The monoisotopic (exact) mass is 273 g/mol. The number of carbonyl (C=O) groups is 2. The third-order valence-corrected chi connectivity index (χ3v) is 2.45. The van der Waals surface area contributed by atoms with Crippen LogP contribution in [0.25, 0.3) is 0 Å². The molecule has 0 aliphatic heterocycles. The first kappa shape index (κ1) is 14.5. The van der Waals surface area contributed by atoms with Gasteiger partial charge in [0, 0.05) is 12.6 Å². The molecule has 1 atom stereocenters. The van der Waals surface area contributed by atoms with Gasteiger partial charge in [0.05, 0.1) is 6.54 Å². The summed E-state index contributed by atoms with van der Waals surface area (Å²) in [6, 6.07) is 1.60. The van der Waals surface area contributed by atoms with Crippen molar-refractivity contribution < 1.29 is 14.1 Å². The SMILES string of the molecule is CCN(CC(=O)Nc1cc(C)on1)C(=O)C(C)Cl. The smallest absolute Gasteiger partial charge is 0.245 e. The predicted molar refractivity (Wildman–Crippen MR) is 67.4 cm³/mol. The Labute approximate surface area is 110 Å². The number of halogens is 1. The van der Waals surface area contributed by atoms with E-state index in [1.54, 1.807) is 26.8 Å². The van der Waals surface area contributed by atoms with Crippen molar-refractivity contribution in [1.82, 2.24) is 10.1 Å². The van der Waals surface area contributed by atoms with E-state index in [9.17, 15) is 9.59 Å². The molecule has 0 bridgehead atoms. The molecule has 0 aromatic carbocycles. The second kappa shape index (κ2) is 6.39. The lowest BCUT2D eigenvalue weighted by molar-refractivity contribution is -0.133. The van der Waals surface area contributed by atoms with Crippen LogP contribution in [0.3, 0.4) is 0 Å².